The van der Waals surface area contributed by atoms with Crippen LogP contribution in [0.3, 0.4) is 0 Å². The zero-order valence-electron chi connectivity index (χ0n) is 22.4. The average molecular weight is 534 g/mol. The first kappa shape index (κ1) is 26.7. The second-order valence-corrected chi connectivity index (χ2v) is 9.50. The molecule has 1 aliphatic rings. The van der Waals surface area contributed by atoms with Crippen LogP contribution in [0.2, 0.25) is 0 Å². The van der Waals surface area contributed by atoms with Gasteiger partial charge in [-0.1, -0.05) is 60.7 Å². The number of benzene rings is 4. The fraction of sp³-hybridized carbons (Fsp3) is 0.182. The van der Waals surface area contributed by atoms with E-state index in [4.69, 9.17) is 4.74 Å². The van der Waals surface area contributed by atoms with Gasteiger partial charge in [0.2, 0.25) is 0 Å². The van der Waals surface area contributed by atoms with Crippen molar-refractivity contribution in [3.05, 3.63) is 120 Å². The van der Waals surface area contributed by atoms with Crippen molar-refractivity contribution in [1.82, 2.24) is 4.90 Å². The lowest BCUT2D eigenvalue weighted by atomic mass is 10.0. The Kier molecular flexibility index (Phi) is 8.21. The highest BCUT2D eigenvalue weighted by atomic mass is 16.5. The molecule has 0 aliphatic carbocycles. The maximum atomic E-state index is 13.3. The summed E-state index contributed by atoms with van der Waals surface area (Å²) in [6, 6.07) is 31.8. The lowest BCUT2D eigenvalue weighted by molar-refractivity contribution is 0.0526. The number of amides is 2. The van der Waals surface area contributed by atoms with Crippen molar-refractivity contribution in [2.45, 2.75) is 6.92 Å². The van der Waals surface area contributed by atoms with Crippen LogP contribution >= 0.6 is 0 Å². The van der Waals surface area contributed by atoms with Gasteiger partial charge in [0.15, 0.2) is 0 Å². The van der Waals surface area contributed by atoms with Crippen LogP contribution in [0.1, 0.15) is 38.0 Å². The molecule has 2 amide bonds. The summed E-state index contributed by atoms with van der Waals surface area (Å²) in [4.78, 5) is 42.6. The van der Waals surface area contributed by atoms with Crippen molar-refractivity contribution in [2.75, 3.05) is 43.0 Å². The minimum Gasteiger partial charge on any atom is -0.462 e. The minimum absolute atomic E-state index is 0.00499. The Balaban J connectivity index is 1.34. The van der Waals surface area contributed by atoms with Crippen molar-refractivity contribution < 1.29 is 19.1 Å². The maximum absolute atomic E-state index is 13.3. The van der Waals surface area contributed by atoms with Gasteiger partial charge in [-0.05, 0) is 60.5 Å². The summed E-state index contributed by atoms with van der Waals surface area (Å²) in [5.74, 6) is -0.722. The molecular weight excluding hydrogens is 502 g/mol. The number of hydrogen-bond acceptors (Lipinski definition) is 5. The van der Waals surface area contributed by atoms with E-state index in [1.165, 1.54) is 0 Å². The number of ether oxygens (including phenoxy) is 1. The van der Waals surface area contributed by atoms with E-state index in [1.54, 1.807) is 31.2 Å². The molecule has 40 heavy (non-hydrogen) atoms. The van der Waals surface area contributed by atoms with Crippen molar-refractivity contribution in [1.29, 1.82) is 0 Å². The molecule has 1 fully saturated rings. The van der Waals surface area contributed by atoms with Crippen LogP contribution in [0, 0.1) is 0 Å². The Morgan fingerprint density at radius 2 is 1.30 bits per heavy atom. The van der Waals surface area contributed by atoms with Crippen LogP contribution < -0.4 is 10.2 Å². The highest BCUT2D eigenvalue weighted by Gasteiger charge is 2.25. The normalized spacial score (nSPS) is 13.0. The summed E-state index contributed by atoms with van der Waals surface area (Å²) in [5.41, 5.74) is 4.93. The van der Waals surface area contributed by atoms with Gasteiger partial charge in [0.1, 0.15) is 0 Å². The third kappa shape index (κ3) is 6.04. The van der Waals surface area contributed by atoms with E-state index in [-0.39, 0.29) is 18.4 Å². The molecule has 0 aromatic heterocycles. The molecule has 1 saturated heterocycles. The lowest BCUT2D eigenvalue weighted by Crippen LogP contribution is -2.49. The van der Waals surface area contributed by atoms with Crippen molar-refractivity contribution in [3.63, 3.8) is 0 Å². The molecule has 1 heterocycles. The molecule has 0 bridgehead atoms. The van der Waals surface area contributed by atoms with E-state index in [1.807, 2.05) is 83.8 Å². The van der Waals surface area contributed by atoms with Gasteiger partial charge in [0.25, 0.3) is 11.8 Å². The number of piperazine rings is 1. The smallest absolute Gasteiger partial charge is 0.338 e. The monoisotopic (exact) mass is 533 g/mol. The summed E-state index contributed by atoms with van der Waals surface area (Å²) in [6.07, 6.45) is 0. The van der Waals surface area contributed by atoms with Gasteiger partial charge >= 0.3 is 5.97 Å². The van der Waals surface area contributed by atoms with Crippen LogP contribution in [-0.4, -0.2) is 55.5 Å². The fourth-order valence-electron chi connectivity index (χ4n) is 4.81. The van der Waals surface area contributed by atoms with Gasteiger partial charge < -0.3 is 19.9 Å². The summed E-state index contributed by atoms with van der Waals surface area (Å²) in [6.45, 7) is 4.28. The number of carbonyl (C=O) groups is 3. The molecule has 0 spiro atoms. The number of nitrogens with zero attached hydrogens (tertiary/aromatic N) is 2. The highest BCUT2D eigenvalue weighted by molar-refractivity contribution is 6.07. The van der Waals surface area contributed by atoms with E-state index in [9.17, 15) is 14.4 Å². The lowest BCUT2D eigenvalue weighted by Gasteiger charge is -2.37. The van der Waals surface area contributed by atoms with Gasteiger partial charge in [-0.25, -0.2) is 4.79 Å². The van der Waals surface area contributed by atoms with E-state index in [0.29, 0.717) is 48.6 Å². The van der Waals surface area contributed by atoms with Crippen molar-refractivity contribution in [3.8, 4) is 11.1 Å². The molecule has 4 aromatic carbocycles. The first-order valence-corrected chi connectivity index (χ1v) is 13.4. The Bertz CT molecular complexity index is 1480. The molecule has 1 N–H and O–H groups in total. The minimum atomic E-state index is -0.449. The number of carbonyl (C=O) groups excluding carboxylic acids is 3. The van der Waals surface area contributed by atoms with Gasteiger partial charge in [-0.3, -0.25) is 9.59 Å². The number of nitrogens with one attached hydrogen (secondary N) is 1. The molecule has 0 unspecified atom stereocenters. The number of anilines is 2. The number of hydrogen-bond donors (Lipinski definition) is 1. The quantitative estimate of drug-likeness (QED) is 0.306. The van der Waals surface area contributed by atoms with Crippen molar-refractivity contribution >= 4 is 29.2 Å². The number of rotatable bonds is 7. The first-order valence-electron chi connectivity index (χ1n) is 13.4. The Morgan fingerprint density at radius 3 is 1.95 bits per heavy atom. The molecule has 0 radical (unpaired) electrons. The molecule has 0 saturated carbocycles. The van der Waals surface area contributed by atoms with Crippen LogP contribution in [-0.2, 0) is 4.74 Å². The van der Waals surface area contributed by atoms with Gasteiger partial charge in [-0.15, -0.1) is 0 Å². The van der Waals surface area contributed by atoms with E-state index in [0.717, 1.165) is 16.8 Å². The molecule has 5 rings (SSSR count). The van der Waals surface area contributed by atoms with Crippen molar-refractivity contribution in [2.24, 2.45) is 0 Å². The van der Waals surface area contributed by atoms with Gasteiger partial charge in [0, 0.05) is 37.3 Å². The second kappa shape index (κ2) is 12.3. The Hall–Kier alpha value is -4.91. The largest absolute Gasteiger partial charge is 0.462 e. The summed E-state index contributed by atoms with van der Waals surface area (Å²) < 4.78 is 5.19. The molecule has 0 atom stereocenters. The molecule has 7 nitrogen and oxygen atoms in total. The second-order valence-electron chi connectivity index (χ2n) is 9.50. The molecular formula is C33H31N3O4. The van der Waals surface area contributed by atoms with Gasteiger partial charge in [-0.2, -0.15) is 0 Å². The van der Waals surface area contributed by atoms with Crippen LogP contribution in [0.5, 0.6) is 0 Å². The van der Waals surface area contributed by atoms with Crippen LogP contribution in [0.4, 0.5) is 11.4 Å². The topological polar surface area (TPSA) is 79.0 Å². The SMILES string of the molecule is CCOC(=O)c1ccc(N2CCN(C(=O)c3ccccc3)CC2)c(NC(=O)c2ccc(-c3ccccc3)cc2)c1. The van der Waals surface area contributed by atoms with E-state index in [2.05, 4.69) is 10.2 Å². The average Bonchev–Trinajstić information content (AvgIpc) is 3.02. The standard InChI is InChI=1S/C33H31N3O4/c1-2-40-33(39)28-17-18-30(35-19-21-36(22-20-35)32(38)27-11-7-4-8-12-27)29(23-28)34-31(37)26-15-13-25(14-16-26)24-9-5-3-6-10-24/h3-18,23H,2,19-22H2,1H3,(H,34,37). The molecule has 4 aromatic rings. The van der Waals surface area contributed by atoms with Crippen LogP contribution in [0.15, 0.2) is 103 Å². The fourth-order valence-corrected chi connectivity index (χ4v) is 4.81. The Labute approximate surface area is 234 Å². The summed E-state index contributed by atoms with van der Waals surface area (Å²) >= 11 is 0. The van der Waals surface area contributed by atoms with Crippen LogP contribution in [0.25, 0.3) is 11.1 Å². The van der Waals surface area contributed by atoms with E-state index < -0.39 is 5.97 Å². The first-order chi connectivity index (χ1) is 19.5. The Morgan fingerprint density at radius 1 is 0.700 bits per heavy atom. The van der Waals surface area contributed by atoms with Gasteiger partial charge in [0.05, 0.1) is 23.5 Å². The predicted molar refractivity (Wildman–Crippen MR) is 157 cm³/mol. The predicted octanol–water partition coefficient (Wildman–Crippen LogP) is 5.75. The highest BCUT2D eigenvalue weighted by Crippen LogP contribution is 2.30. The molecule has 7 heteroatoms. The third-order valence-electron chi connectivity index (χ3n) is 6.94. The zero-order chi connectivity index (χ0) is 27.9. The number of esters is 1. The maximum Gasteiger partial charge on any atom is 0.338 e. The summed E-state index contributed by atoms with van der Waals surface area (Å²) in [7, 11) is 0. The molecule has 202 valence electrons. The van der Waals surface area contributed by atoms with E-state index >= 15 is 0 Å². The third-order valence-corrected chi connectivity index (χ3v) is 6.94. The molecule has 1 aliphatic heterocycles. The summed E-state index contributed by atoms with van der Waals surface area (Å²) in [5, 5.41) is 3.01. The zero-order valence-corrected chi connectivity index (χ0v) is 22.4.